The molecule has 0 saturated carbocycles. The predicted octanol–water partition coefficient (Wildman–Crippen LogP) is 10.6. The summed E-state index contributed by atoms with van der Waals surface area (Å²) < 4.78 is 11.6. The van der Waals surface area contributed by atoms with Gasteiger partial charge in [0.15, 0.2) is 0 Å². The minimum absolute atomic E-state index is 0.684. The number of nitrogen functional groups attached to an aromatic ring is 2. The molecule has 0 aliphatic heterocycles. The van der Waals surface area contributed by atoms with Gasteiger partial charge in [-0.05, 0) is 60.7 Å². The van der Waals surface area contributed by atoms with Crippen molar-refractivity contribution in [1.82, 2.24) is 9.13 Å². The average molecular weight is 605 g/mol. The molecule has 0 unspecified atom stereocenters. The van der Waals surface area contributed by atoms with Crippen LogP contribution in [0.1, 0.15) is 0 Å². The van der Waals surface area contributed by atoms with E-state index in [9.17, 15) is 0 Å². The van der Waals surface area contributed by atoms with Gasteiger partial charge in [0.2, 0.25) is 0 Å². The minimum Gasteiger partial charge on any atom is -0.455 e. The fourth-order valence-corrected chi connectivity index (χ4v) is 7.63. The number of fused-ring (bicyclic) bond motifs is 10. The van der Waals surface area contributed by atoms with Crippen LogP contribution in [0.2, 0.25) is 0 Å². The first-order valence-electron chi connectivity index (χ1n) is 15.8. The Balaban J connectivity index is 1.30. The van der Waals surface area contributed by atoms with Crippen LogP contribution < -0.4 is 11.5 Å². The van der Waals surface area contributed by atoms with Crippen molar-refractivity contribution in [2.75, 3.05) is 11.5 Å². The van der Waals surface area contributed by atoms with Crippen LogP contribution in [0, 0.1) is 0 Å². The molecule has 222 valence electrons. The van der Waals surface area contributed by atoms with Gasteiger partial charge in [0, 0.05) is 49.4 Å². The van der Waals surface area contributed by atoms with Gasteiger partial charge in [0.05, 0.1) is 38.8 Å². The summed E-state index contributed by atoms with van der Waals surface area (Å²) in [6, 6.07) is 50.5. The highest BCUT2D eigenvalue weighted by atomic mass is 16.3. The third kappa shape index (κ3) is 3.54. The van der Waals surface area contributed by atoms with E-state index in [1.165, 1.54) is 0 Å². The molecule has 4 N–H and O–H groups in total. The lowest BCUT2D eigenvalue weighted by atomic mass is 9.99. The zero-order valence-corrected chi connectivity index (χ0v) is 25.3. The molecule has 3 aromatic heterocycles. The quantitative estimate of drug-likeness (QED) is 0.197. The van der Waals surface area contributed by atoms with Gasteiger partial charge in [-0.1, -0.05) is 84.9 Å². The summed E-state index contributed by atoms with van der Waals surface area (Å²) in [7, 11) is 0. The van der Waals surface area contributed by atoms with Crippen LogP contribution in [0.25, 0.3) is 88.1 Å². The van der Waals surface area contributed by atoms with Gasteiger partial charge < -0.3 is 25.0 Å². The Hall–Kier alpha value is -6.46. The second kappa shape index (κ2) is 9.52. The van der Waals surface area contributed by atoms with Crippen molar-refractivity contribution >= 4 is 76.9 Å². The first kappa shape index (κ1) is 25.8. The molecule has 0 aliphatic rings. The van der Waals surface area contributed by atoms with Crippen molar-refractivity contribution in [1.29, 1.82) is 0 Å². The summed E-state index contributed by atoms with van der Waals surface area (Å²) in [6.07, 6.45) is 0. The zero-order valence-electron chi connectivity index (χ0n) is 25.3. The lowest BCUT2D eigenvalue weighted by molar-refractivity contribution is 0.674. The first-order chi connectivity index (χ1) is 23.2. The maximum atomic E-state index is 7.03. The van der Waals surface area contributed by atoms with Crippen molar-refractivity contribution in [3.63, 3.8) is 0 Å². The molecule has 0 bridgehead atoms. The van der Waals surface area contributed by atoms with Gasteiger partial charge in [-0.25, -0.2) is 0 Å². The molecule has 0 atom stereocenters. The van der Waals surface area contributed by atoms with Gasteiger partial charge >= 0.3 is 0 Å². The average Bonchev–Trinajstić information content (AvgIpc) is 3.76. The van der Waals surface area contributed by atoms with Gasteiger partial charge in [0.1, 0.15) is 11.2 Å². The molecule has 47 heavy (non-hydrogen) atoms. The van der Waals surface area contributed by atoms with Crippen LogP contribution in [0.4, 0.5) is 11.4 Å². The lowest BCUT2D eigenvalue weighted by Gasteiger charge is -2.16. The summed E-state index contributed by atoms with van der Waals surface area (Å²) in [4.78, 5) is 0. The molecule has 3 heterocycles. The van der Waals surface area contributed by atoms with E-state index in [1.54, 1.807) is 0 Å². The maximum Gasteiger partial charge on any atom is 0.145 e. The number of hydrogen-bond donors (Lipinski definition) is 2. The van der Waals surface area contributed by atoms with Crippen LogP contribution in [0.15, 0.2) is 150 Å². The van der Waals surface area contributed by atoms with Gasteiger partial charge in [0.25, 0.3) is 0 Å². The van der Waals surface area contributed by atoms with E-state index >= 15 is 0 Å². The third-order valence-electron chi connectivity index (χ3n) is 9.59. The Morgan fingerprint density at radius 1 is 0.426 bits per heavy atom. The first-order valence-corrected chi connectivity index (χ1v) is 15.8. The highest BCUT2D eigenvalue weighted by Crippen LogP contribution is 2.45. The molecule has 0 fully saturated rings. The van der Waals surface area contributed by atoms with E-state index in [0.29, 0.717) is 5.69 Å². The van der Waals surface area contributed by atoms with E-state index in [1.807, 2.05) is 24.3 Å². The van der Waals surface area contributed by atoms with E-state index in [-0.39, 0.29) is 0 Å². The summed E-state index contributed by atoms with van der Waals surface area (Å²) >= 11 is 0. The SMILES string of the molecule is Nc1ccc2c(c1)c1ccccc1n2-c1c(N)cccc1-c1cccc2c1oc1c2ccc2c1c1ccccc1n2-c1ccccc1. The Bertz CT molecular complexity index is 2870. The van der Waals surface area contributed by atoms with Crippen molar-refractivity contribution in [2.24, 2.45) is 0 Å². The minimum atomic E-state index is 0.684. The van der Waals surface area contributed by atoms with Crippen LogP contribution in [-0.4, -0.2) is 9.13 Å². The monoisotopic (exact) mass is 604 g/mol. The van der Waals surface area contributed by atoms with Crippen LogP contribution in [-0.2, 0) is 0 Å². The number of rotatable bonds is 3. The summed E-state index contributed by atoms with van der Waals surface area (Å²) in [5.74, 6) is 0. The number of para-hydroxylation sites is 5. The molecule has 0 spiro atoms. The number of nitrogens with two attached hydrogens (primary N) is 2. The van der Waals surface area contributed by atoms with E-state index in [2.05, 4.69) is 130 Å². The smallest absolute Gasteiger partial charge is 0.145 e. The zero-order chi connectivity index (χ0) is 31.2. The van der Waals surface area contributed by atoms with Gasteiger partial charge in [-0.3, -0.25) is 0 Å². The van der Waals surface area contributed by atoms with Crippen LogP contribution in [0.3, 0.4) is 0 Å². The molecule has 0 aliphatic carbocycles. The van der Waals surface area contributed by atoms with E-state index < -0.39 is 0 Å². The molecule has 0 amide bonds. The predicted molar refractivity (Wildman–Crippen MR) is 197 cm³/mol. The lowest BCUT2D eigenvalue weighted by Crippen LogP contribution is -2.02. The van der Waals surface area contributed by atoms with Gasteiger partial charge in [-0.15, -0.1) is 0 Å². The topological polar surface area (TPSA) is 75.0 Å². The maximum absolute atomic E-state index is 7.03. The van der Waals surface area contributed by atoms with E-state index in [4.69, 9.17) is 15.9 Å². The van der Waals surface area contributed by atoms with Gasteiger partial charge in [-0.2, -0.15) is 0 Å². The highest BCUT2D eigenvalue weighted by molar-refractivity contribution is 6.25. The second-order valence-electron chi connectivity index (χ2n) is 12.2. The fourth-order valence-electron chi connectivity index (χ4n) is 7.63. The number of benzene rings is 7. The molecular formula is C42H28N4O. The summed E-state index contributed by atoms with van der Waals surface area (Å²) in [5, 5.41) is 6.64. The molecule has 5 heteroatoms. The Kier molecular flexibility index (Phi) is 5.23. The normalized spacial score (nSPS) is 12.0. The number of anilines is 2. The Morgan fingerprint density at radius 3 is 1.91 bits per heavy atom. The molecular weight excluding hydrogens is 576 g/mol. The van der Waals surface area contributed by atoms with Crippen molar-refractivity contribution in [2.45, 2.75) is 0 Å². The number of nitrogens with zero attached hydrogens (tertiary/aromatic N) is 2. The Labute approximate surface area is 269 Å². The number of hydrogen-bond acceptors (Lipinski definition) is 3. The molecule has 0 radical (unpaired) electrons. The molecule has 5 nitrogen and oxygen atoms in total. The molecule has 10 aromatic rings. The van der Waals surface area contributed by atoms with Crippen molar-refractivity contribution < 1.29 is 4.42 Å². The largest absolute Gasteiger partial charge is 0.455 e. The molecule has 7 aromatic carbocycles. The van der Waals surface area contributed by atoms with Crippen molar-refractivity contribution in [3.8, 4) is 22.5 Å². The molecule has 10 rings (SSSR count). The molecule has 0 saturated heterocycles. The fraction of sp³-hybridized carbons (Fsp3) is 0. The number of aromatic nitrogens is 2. The highest BCUT2D eigenvalue weighted by Gasteiger charge is 2.23. The van der Waals surface area contributed by atoms with E-state index in [0.717, 1.165) is 93.7 Å². The van der Waals surface area contributed by atoms with Crippen LogP contribution in [0.5, 0.6) is 0 Å². The summed E-state index contributed by atoms with van der Waals surface area (Å²) in [6.45, 7) is 0. The summed E-state index contributed by atoms with van der Waals surface area (Å²) in [5.41, 5.74) is 24.7. The third-order valence-corrected chi connectivity index (χ3v) is 9.59. The number of furan rings is 1. The second-order valence-corrected chi connectivity index (χ2v) is 12.2. The Morgan fingerprint density at radius 2 is 1.06 bits per heavy atom. The van der Waals surface area contributed by atoms with Crippen LogP contribution >= 0.6 is 0 Å². The standard InChI is InChI=1S/C42H28N4O/c43-25-20-22-37-33(24-25)27-12-4-6-18-35(27)46(37)40-28(14-9-17-34(40)44)29-15-8-16-30-31-21-23-38-39(42(31)47-41(29)30)32-13-5-7-19-36(32)45(38)26-10-2-1-3-11-26/h1-24H,43-44H2. The van der Waals surface area contributed by atoms with Crippen molar-refractivity contribution in [3.05, 3.63) is 146 Å².